The standard InChI is InChI=1S/C27H25F3N4O5/c28-27(29,30)39-24-12-7-20(8-13-24)9-14-25-32-21(18-38-25)17-37-23-10-5-19(6-11-23)3-1-2-4-22-15-31-33-34(22)16-26(35)36/h5-15,18H,1-4,16-17H2,(H,35,36)/b14-9+. The van der Waals surface area contributed by atoms with Gasteiger partial charge in [-0.15, -0.1) is 18.3 Å². The van der Waals surface area contributed by atoms with E-state index in [1.165, 1.54) is 35.2 Å². The number of carboxylic acid groups (broad SMARTS) is 1. The number of benzene rings is 2. The van der Waals surface area contributed by atoms with E-state index in [0.717, 1.165) is 30.5 Å². The highest BCUT2D eigenvalue weighted by atomic mass is 19.4. The summed E-state index contributed by atoms with van der Waals surface area (Å²) in [4.78, 5) is 15.2. The van der Waals surface area contributed by atoms with Crippen LogP contribution in [-0.2, 0) is 30.8 Å². The number of alkyl halides is 3. The van der Waals surface area contributed by atoms with Gasteiger partial charge in [0.2, 0.25) is 5.89 Å². The fourth-order valence-electron chi connectivity index (χ4n) is 3.69. The van der Waals surface area contributed by atoms with Crippen molar-refractivity contribution in [2.75, 3.05) is 0 Å². The minimum atomic E-state index is -4.73. The van der Waals surface area contributed by atoms with Crippen LogP contribution in [0.3, 0.4) is 0 Å². The molecule has 9 nitrogen and oxygen atoms in total. The number of carboxylic acids is 1. The first kappa shape index (κ1) is 27.4. The van der Waals surface area contributed by atoms with Crippen molar-refractivity contribution in [3.8, 4) is 11.5 Å². The van der Waals surface area contributed by atoms with E-state index in [-0.39, 0.29) is 18.9 Å². The number of hydrogen-bond donors (Lipinski definition) is 1. The van der Waals surface area contributed by atoms with Crippen LogP contribution in [0.2, 0.25) is 0 Å². The molecular formula is C27H25F3N4O5. The Morgan fingerprint density at radius 2 is 1.72 bits per heavy atom. The van der Waals surface area contributed by atoms with Crippen LogP contribution in [-0.4, -0.2) is 37.4 Å². The second-order valence-corrected chi connectivity index (χ2v) is 8.54. The molecule has 0 spiro atoms. The van der Waals surface area contributed by atoms with Gasteiger partial charge in [0, 0.05) is 6.08 Å². The van der Waals surface area contributed by atoms with Crippen molar-refractivity contribution in [1.82, 2.24) is 20.0 Å². The number of oxazole rings is 1. The number of aryl methyl sites for hydroxylation is 2. The SMILES string of the molecule is O=C(O)Cn1nncc1CCCCc1ccc(OCc2coc(/C=C/c3ccc(OC(F)(F)F)cc3)n2)cc1. The average Bonchev–Trinajstić information content (AvgIpc) is 3.53. The average molecular weight is 543 g/mol. The number of unbranched alkanes of at least 4 members (excludes halogenated alkanes) is 1. The Morgan fingerprint density at radius 3 is 2.44 bits per heavy atom. The molecule has 0 aliphatic carbocycles. The van der Waals surface area contributed by atoms with E-state index in [1.807, 2.05) is 24.3 Å². The molecule has 0 radical (unpaired) electrons. The summed E-state index contributed by atoms with van der Waals surface area (Å²) in [5, 5.41) is 16.5. The molecule has 0 atom stereocenters. The summed E-state index contributed by atoms with van der Waals surface area (Å²) in [6.07, 6.45) is 5.01. The molecule has 0 amide bonds. The van der Waals surface area contributed by atoms with Gasteiger partial charge in [0.15, 0.2) is 0 Å². The summed E-state index contributed by atoms with van der Waals surface area (Å²) in [7, 11) is 0. The fraction of sp³-hybridized carbons (Fsp3) is 0.259. The lowest BCUT2D eigenvalue weighted by Crippen LogP contribution is -2.16. The van der Waals surface area contributed by atoms with Gasteiger partial charge < -0.3 is 19.0 Å². The van der Waals surface area contributed by atoms with Crippen LogP contribution in [0.15, 0.2) is 65.4 Å². The van der Waals surface area contributed by atoms with Gasteiger partial charge >= 0.3 is 12.3 Å². The summed E-state index contributed by atoms with van der Waals surface area (Å²) >= 11 is 0. The molecule has 1 N–H and O–H groups in total. The monoisotopic (exact) mass is 542 g/mol. The molecule has 0 fully saturated rings. The molecule has 0 saturated carbocycles. The first-order valence-electron chi connectivity index (χ1n) is 12.0. The summed E-state index contributed by atoms with van der Waals surface area (Å²) < 4.78 is 53.2. The number of nitrogens with zero attached hydrogens (tertiary/aromatic N) is 4. The highest BCUT2D eigenvalue weighted by Gasteiger charge is 2.30. The molecule has 2 heterocycles. The minimum Gasteiger partial charge on any atom is -0.487 e. The zero-order valence-electron chi connectivity index (χ0n) is 20.7. The summed E-state index contributed by atoms with van der Waals surface area (Å²) in [6, 6.07) is 13.2. The summed E-state index contributed by atoms with van der Waals surface area (Å²) in [5.74, 6) is -0.222. The van der Waals surface area contributed by atoms with Gasteiger partial charge in [0.05, 0.1) is 11.9 Å². The van der Waals surface area contributed by atoms with E-state index in [0.29, 0.717) is 29.3 Å². The van der Waals surface area contributed by atoms with Crippen molar-refractivity contribution in [2.45, 2.75) is 45.2 Å². The molecule has 4 rings (SSSR count). The third-order valence-corrected chi connectivity index (χ3v) is 5.54. The van der Waals surface area contributed by atoms with E-state index in [1.54, 1.807) is 18.3 Å². The lowest BCUT2D eigenvalue weighted by atomic mass is 10.1. The second kappa shape index (κ2) is 12.8. The normalized spacial score (nSPS) is 11.7. The van der Waals surface area contributed by atoms with E-state index in [9.17, 15) is 18.0 Å². The molecule has 0 aliphatic heterocycles. The third kappa shape index (κ3) is 9.02. The van der Waals surface area contributed by atoms with Crippen molar-refractivity contribution in [3.63, 3.8) is 0 Å². The maximum absolute atomic E-state index is 12.3. The number of ether oxygens (including phenoxy) is 2. The second-order valence-electron chi connectivity index (χ2n) is 8.54. The maximum atomic E-state index is 12.3. The van der Waals surface area contributed by atoms with Crippen molar-refractivity contribution < 1.29 is 37.0 Å². The Balaban J connectivity index is 1.18. The fourth-order valence-corrected chi connectivity index (χ4v) is 3.69. The number of carbonyl (C=O) groups is 1. The molecule has 0 unspecified atom stereocenters. The van der Waals surface area contributed by atoms with Crippen LogP contribution in [0.1, 0.15) is 41.2 Å². The molecule has 39 heavy (non-hydrogen) atoms. The van der Waals surface area contributed by atoms with Crippen LogP contribution < -0.4 is 9.47 Å². The Bertz CT molecular complexity index is 1380. The van der Waals surface area contributed by atoms with E-state index in [2.05, 4.69) is 20.0 Å². The largest absolute Gasteiger partial charge is 0.573 e. The molecule has 4 aromatic rings. The minimum absolute atomic E-state index is 0.190. The lowest BCUT2D eigenvalue weighted by Gasteiger charge is -2.08. The van der Waals surface area contributed by atoms with E-state index in [4.69, 9.17) is 14.3 Å². The van der Waals surface area contributed by atoms with Crippen LogP contribution in [0, 0.1) is 0 Å². The van der Waals surface area contributed by atoms with Crippen molar-refractivity contribution in [3.05, 3.63) is 89.4 Å². The number of rotatable bonds is 13. The smallest absolute Gasteiger partial charge is 0.487 e. The number of aromatic nitrogens is 4. The van der Waals surface area contributed by atoms with Crippen molar-refractivity contribution >= 4 is 18.1 Å². The Morgan fingerprint density at radius 1 is 1.00 bits per heavy atom. The zero-order valence-corrected chi connectivity index (χ0v) is 20.7. The topological polar surface area (TPSA) is 112 Å². The van der Waals surface area contributed by atoms with Gasteiger partial charge in [-0.05, 0) is 67.2 Å². The first-order chi connectivity index (χ1) is 18.7. The molecule has 0 bridgehead atoms. The van der Waals surface area contributed by atoms with Crippen molar-refractivity contribution in [1.29, 1.82) is 0 Å². The number of aliphatic carboxylic acids is 1. The van der Waals surface area contributed by atoms with Crippen LogP contribution in [0.4, 0.5) is 13.2 Å². The molecule has 0 aliphatic rings. The number of halogens is 3. The van der Waals surface area contributed by atoms with Crippen LogP contribution >= 0.6 is 0 Å². The highest BCUT2D eigenvalue weighted by Crippen LogP contribution is 2.23. The van der Waals surface area contributed by atoms with Crippen LogP contribution in [0.5, 0.6) is 11.5 Å². The van der Waals surface area contributed by atoms with Gasteiger partial charge in [-0.2, -0.15) is 0 Å². The van der Waals surface area contributed by atoms with Gasteiger partial charge in [0.25, 0.3) is 0 Å². The predicted molar refractivity (Wildman–Crippen MR) is 134 cm³/mol. The summed E-state index contributed by atoms with van der Waals surface area (Å²) in [6.45, 7) is 0.0168. The first-order valence-corrected chi connectivity index (χ1v) is 12.0. The van der Waals surface area contributed by atoms with Gasteiger partial charge in [-0.1, -0.05) is 29.5 Å². The predicted octanol–water partition coefficient (Wildman–Crippen LogP) is 5.56. The molecular weight excluding hydrogens is 517 g/mol. The van der Waals surface area contributed by atoms with Crippen molar-refractivity contribution in [2.24, 2.45) is 0 Å². The third-order valence-electron chi connectivity index (χ3n) is 5.54. The molecule has 2 aromatic carbocycles. The molecule has 0 saturated heterocycles. The van der Waals surface area contributed by atoms with Gasteiger partial charge in [-0.3, -0.25) is 4.79 Å². The maximum Gasteiger partial charge on any atom is 0.573 e. The Kier molecular flexibility index (Phi) is 8.97. The lowest BCUT2D eigenvalue weighted by molar-refractivity contribution is -0.274. The molecule has 2 aromatic heterocycles. The van der Waals surface area contributed by atoms with E-state index < -0.39 is 12.3 Å². The Labute approximate surface area is 221 Å². The van der Waals surface area contributed by atoms with Crippen LogP contribution in [0.25, 0.3) is 12.2 Å². The number of hydrogen-bond acceptors (Lipinski definition) is 7. The quantitative estimate of drug-likeness (QED) is 0.219. The zero-order chi connectivity index (χ0) is 27.7. The molecule has 12 heteroatoms. The molecule has 204 valence electrons. The highest BCUT2D eigenvalue weighted by molar-refractivity contribution is 5.66. The van der Waals surface area contributed by atoms with E-state index >= 15 is 0 Å². The Hall–Kier alpha value is -4.61. The van der Waals surface area contributed by atoms with Gasteiger partial charge in [0.1, 0.15) is 36.6 Å². The summed E-state index contributed by atoms with van der Waals surface area (Å²) in [5.41, 5.74) is 3.21. The van der Waals surface area contributed by atoms with Gasteiger partial charge in [-0.25, -0.2) is 9.67 Å².